The van der Waals surface area contributed by atoms with Gasteiger partial charge in [-0.1, -0.05) is 12.1 Å². The van der Waals surface area contributed by atoms with Gasteiger partial charge in [0.25, 0.3) is 0 Å². The van der Waals surface area contributed by atoms with Crippen LogP contribution in [0.3, 0.4) is 0 Å². The Morgan fingerprint density at radius 3 is 2.94 bits per heavy atom. The van der Waals surface area contributed by atoms with Gasteiger partial charge >= 0.3 is 0 Å². The maximum atomic E-state index is 13.7. The summed E-state index contributed by atoms with van der Waals surface area (Å²) in [7, 11) is 0. The van der Waals surface area contributed by atoms with Crippen LogP contribution in [-0.2, 0) is 4.74 Å². The van der Waals surface area contributed by atoms with Crippen LogP contribution >= 0.6 is 0 Å². The van der Waals surface area contributed by atoms with Crippen molar-refractivity contribution >= 4 is 5.69 Å². The lowest BCUT2D eigenvalue weighted by Crippen LogP contribution is -2.45. The molecule has 1 fully saturated rings. The minimum absolute atomic E-state index is 0.142. The van der Waals surface area contributed by atoms with Crippen molar-refractivity contribution in [2.45, 2.75) is 13.0 Å². The van der Waals surface area contributed by atoms with Crippen LogP contribution in [-0.4, -0.2) is 38.9 Å². The number of rotatable bonds is 4. The molecule has 0 radical (unpaired) electrons. The Bertz CT molecular complexity index is 353. The molecule has 1 heterocycles. The smallest absolute Gasteiger partial charge is 0.146 e. The number of benzene rings is 1. The minimum Gasteiger partial charge on any atom is -0.374 e. The van der Waals surface area contributed by atoms with Gasteiger partial charge in [-0.05, 0) is 19.1 Å². The predicted octanol–water partition coefficient (Wildman–Crippen LogP) is 1.64. The molecule has 0 aromatic heterocycles. The summed E-state index contributed by atoms with van der Waals surface area (Å²) in [5, 5.41) is 3.28. The number of ether oxygens (including phenoxy) is 1. The quantitative estimate of drug-likeness (QED) is 0.863. The standard InChI is InChI=1S/C13H19FN2O/c1-2-16(10-11-9-15-7-8-17-11)13-6-4-3-5-12(13)14/h3-6,11,15H,2,7-10H2,1H3. The van der Waals surface area contributed by atoms with Gasteiger partial charge in [0.2, 0.25) is 0 Å². The molecule has 1 aliphatic rings. The molecule has 0 spiro atoms. The van der Waals surface area contributed by atoms with Crippen LogP contribution in [0.5, 0.6) is 0 Å². The van der Waals surface area contributed by atoms with E-state index in [4.69, 9.17) is 4.74 Å². The number of likely N-dealkylation sites (N-methyl/N-ethyl adjacent to an activating group) is 1. The van der Waals surface area contributed by atoms with Crippen molar-refractivity contribution in [3.05, 3.63) is 30.1 Å². The first-order valence-corrected chi connectivity index (χ1v) is 6.13. The zero-order chi connectivity index (χ0) is 12.1. The minimum atomic E-state index is -0.168. The van der Waals surface area contributed by atoms with Crippen LogP contribution < -0.4 is 10.2 Å². The Labute approximate surface area is 102 Å². The highest BCUT2D eigenvalue weighted by molar-refractivity contribution is 5.47. The summed E-state index contributed by atoms with van der Waals surface area (Å²) in [6.45, 7) is 6.01. The van der Waals surface area contributed by atoms with Gasteiger partial charge in [0, 0.05) is 26.2 Å². The fourth-order valence-electron chi connectivity index (χ4n) is 2.09. The lowest BCUT2D eigenvalue weighted by atomic mass is 10.2. The van der Waals surface area contributed by atoms with E-state index in [0.29, 0.717) is 5.69 Å². The molecule has 3 nitrogen and oxygen atoms in total. The van der Waals surface area contributed by atoms with Gasteiger partial charge in [0.1, 0.15) is 5.82 Å². The molecular formula is C13H19FN2O. The van der Waals surface area contributed by atoms with Gasteiger partial charge < -0.3 is 15.0 Å². The average Bonchev–Trinajstić information content (AvgIpc) is 2.38. The van der Waals surface area contributed by atoms with Crippen molar-refractivity contribution in [3.63, 3.8) is 0 Å². The van der Waals surface area contributed by atoms with Gasteiger partial charge in [-0.15, -0.1) is 0 Å². The number of para-hydroxylation sites is 1. The number of hydrogen-bond donors (Lipinski definition) is 1. The second-order valence-corrected chi connectivity index (χ2v) is 4.19. The first-order chi connectivity index (χ1) is 8.31. The third-order valence-electron chi connectivity index (χ3n) is 3.00. The number of halogens is 1. The molecule has 0 aliphatic carbocycles. The van der Waals surface area contributed by atoms with E-state index in [1.54, 1.807) is 6.07 Å². The van der Waals surface area contributed by atoms with Crippen molar-refractivity contribution in [1.29, 1.82) is 0 Å². The van der Waals surface area contributed by atoms with Crippen molar-refractivity contribution in [2.24, 2.45) is 0 Å². The van der Waals surface area contributed by atoms with E-state index in [0.717, 1.165) is 32.8 Å². The van der Waals surface area contributed by atoms with E-state index < -0.39 is 0 Å². The second-order valence-electron chi connectivity index (χ2n) is 4.19. The fraction of sp³-hybridized carbons (Fsp3) is 0.538. The SMILES string of the molecule is CCN(CC1CNCCO1)c1ccccc1F. The van der Waals surface area contributed by atoms with Crippen LogP contribution in [0.4, 0.5) is 10.1 Å². The lowest BCUT2D eigenvalue weighted by Gasteiger charge is -2.31. The first-order valence-electron chi connectivity index (χ1n) is 6.13. The predicted molar refractivity (Wildman–Crippen MR) is 66.9 cm³/mol. The van der Waals surface area contributed by atoms with Crippen LogP contribution in [0.15, 0.2) is 24.3 Å². The van der Waals surface area contributed by atoms with Crippen LogP contribution in [0.25, 0.3) is 0 Å². The maximum absolute atomic E-state index is 13.7. The van der Waals surface area contributed by atoms with E-state index in [2.05, 4.69) is 5.32 Å². The van der Waals surface area contributed by atoms with Gasteiger partial charge in [-0.2, -0.15) is 0 Å². The molecule has 1 atom stereocenters. The van der Waals surface area contributed by atoms with Crippen LogP contribution in [0, 0.1) is 5.82 Å². The third kappa shape index (κ3) is 3.17. The Morgan fingerprint density at radius 2 is 2.29 bits per heavy atom. The molecule has 1 N–H and O–H groups in total. The first kappa shape index (κ1) is 12.3. The molecule has 94 valence electrons. The number of hydrogen-bond acceptors (Lipinski definition) is 3. The van der Waals surface area contributed by atoms with Gasteiger partial charge in [-0.3, -0.25) is 0 Å². The highest BCUT2D eigenvalue weighted by atomic mass is 19.1. The Hall–Kier alpha value is -1.13. The fourth-order valence-corrected chi connectivity index (χ4v) is 2.09. The molecule has 0 saturated carbocycles. The van der Waals surface area contributed by atoms with Gasteiger partial charge in [0.15, 0.2) is 0 Å². The average molecular weight is 238 g/mol. The molecule has 1 aliphatic heterocycles. The van der Waals surface area contributed by atoms with Crippen molar-refractivity contribution in [2.75, 3.05) is 37.7 Å². The summed E-state index contributed by atoms with van der Waals surface area (Å²) >= 11 is 0. The molecule has 4 heteroatoms. The van der Waals surface area contributed by atoms with E-state index >= 15 is 0 Å². The van der Waals surface area contributed by atoms with Crippen molar-refractivity contribution < 1.29 is 9.13 Å². The summed E-state index contributed by atoms with van der Waals surface area (Å²) in [5.41, 5.74) is 0.657. The van der Waals surface area contributed by atoms with Crippen LogP contribution in [0.1, 0.15) is 6.92 Å². The van der Waals surface area contributed by atoms with E-state index in [1.165, 1.54) is 6.07 Å². The summed E-state index contributed by atoms with van der Waals surface area (Å²) in [4.78, 5) is 2.02. The van der Waals surface area contributed by atoms with Crippen LogP contribution in [0.2, 0.25) is 0 Å². The highest BCUT2D eigenvalue weighted by Gasteiger charge is 2.18. The second kappa shape index (κ2) is 5.98. The molecule has 1 unspecified atom stereocenters. The molecule has 0 bridgehead atoms. The number of nitrogens with one attached hydrogen (secondary N) is 1. The van der Waals surface area contributed by atoms with Crippen molar-refractivity contribution in [3.8, 4) is 0 Å². The third-order valence-corrected chi connectivity index (χ3v) is 3.00. The summed E-state index contributed by atoms with van der Waals surface area (Å²) in [5.74, 6) is -0.168. The Balaban J connectivity index is 2.03. The normalized spacial score (nSPS) is 20.2. The van der Waals surface area contributed by atoms with E-state index in [9.17, 15) is 4.39 Å². The summed E-state index contributed by atoms with van der Waals surface area (Å²) < 4.78 is 19.3. The molecule has 2 rings (SSSR count). The summed E-state index contributed by atoms with van der Waals surface area (Å²) in [6, 6.07) is 6.89. The number of anilines is 1. The number of morpholine rings is 1. The zero-order valence-electron chi connectivity index (χ0n) is 10.2. The molecule has 0 amide bonds. The highest BCUT2D eigenvalue weighted by Crippen LogP contribution is 2.19. The summed E-state index contributed by atoms with van der Waals surface area (Å²) in [6.07, 6.45) is 0.142. The maximum Gasteiger partial charge on any atom is 0.146 e. The Kier molecular flexibility index (Phi) is 4.34. The molecular weight excluding hydrogens is 219 g/mol. The molecule has 17 heavy (non-hydrogen) atoms. The molecule has 1 aromatic rings. The Morgan fingerprint density at radius 1 is 1.47 bits per heavy atom. The van der Waals surface area contributed by atoms with Gasteiger partial charge in [0.05, 0.1) is 18.4 Å². The monoisotopic (exact) mass is 238 g/mol. The molecule has 1 saturated heterocycles. The van der Waals surface area contributed by atoms with Crippen molar-refractivity contribution in [1.82, 2.24) is 5.32 Å². The topological polar surface area (TPSA) is 24.5 Å². The lowest BCUT2D eigenvalue weighted by molar-refractivity contribution is 0.0334. The van der Waals surface area contributed by atoms with E-state index in [-0.39, 0.29) is 11.9 Å². The number of nitrogens with zero attached hydrogens (tertiary/aromatic N) is 1. The van der Waals surface area contributed by atoms with E-state index in [1.807, 2.05) is 24.0 Å². The van der Waals surface area contributed by atoms with Gasteiger partial charge in [-0.25, -0.2) is 4.39 Å². The largest absolute Gasteiger partial charge is 0.374 e. The zero-order valence-corrected chi connectivity index (χ0v) is 10.2. The molecule has 1 aromatic carbocycles.